The molecule has 11 heteroatoms. The largest absolute Gasteiger partial charge is 0.494 e. The molecule has 3 aromatic heterocycles. The number of anilines is 2. The smallest absolute Gasteiger partial charge is 0.282 e. The molecule has 1 N–H and O–H groups in total. The van der Waals surface area contributed by atoms with Crippen molar-refractivity contribution < 1.29 is 13.5 Å². The van der Waals surface area contributed by atoms with Gasteiger partial charge >= 0.3 is 0 Å². The standard InChI is InChI=1S/C20H19F2N7OS/c1-27-19-13(8-24-27)3-4-16(30-2)18(19)26-31-15-9-25-29(10-15)17-7-14(5-6-23-17)28-11-20(21,22)12-28/h3-10,26H,11-12H2,1-2H3. The maximum absolute atomic E-state index is 13.2. The van der Waals surface area contributed by atoms with Crippen LogP contribution in [0.25, 0.3) is 16.7 Å². The summed E-state index contributed by atoms with van der Waals surface area (Å²) in [5.74, 6) is -1.36. The van der Waals surface area contributed by atoms with E-state index in [1.165, 1.54) is 11.9 Å². The number of aromatic nitrogens is 5. The van der Waals surface area contributed by atoms with Crippen LogP contribution in [0, 0.1) is 0 Å². The number of ether oxygens (including phenoxy) is 1. The summed E-state index contributed by atoms with van der Waals surface area (Å²) in [6.45, 7) is -0.552. The van der Waals surface area contributed by atoms with E-state index in [0.717, 1.165) is 21.5 Å². The van der Waals surface area contributed by atoms with Crippen molar-refractivity contribution in [2.45, 2.75) is 10.8 Å². The average molecular weight is 443 g/mol. The number of hydrogen-bond donors (Lipinski definition) is 1. The number of benzene rings is 1. The molecular formula is C20H19F2N7OS. The van der Waals surface area contributed by atoms with E-state index in [0.29, 0.717) is 17.3 Å². The van der Waals surface area contributed by atoms with Gasteiger partial charge in [0.2, 0.25) is 0 Å². The number of aryl methyl sites for hydroxylation is 1. The van der Waals surface area contributed by atoms with Gasteiger partial charge in [0.1, 0.15) is 11.4 Å². The highest BCUT2D eigenvalue weighted by Gasteiger charge is 2.44. The molecule has 5 rings (SSSR count). The minimum absolute atomic E-state index is 0.276. The van der Waals surface area contributed by atoms with E-state index in [-0.39, 0.29) is 13.1 Å². The monoisotopic (exact) mass is 443 g/mol. The SMILES string of the molecule is COc1ccc2cnn(C)c2c1NSc1cnn(-c2cc(N3CC(F)(F)C3)ccn2)c1. The molecule has 1 aromatic carbocycles. The third kappa shape index (κ3) is 3.65. The Hall–Kier alpha value is -3.34. The molecule has 1 saturated heterocycles. The Labute approximate surface area is 180 Å². The van der Waals surface area contributed by atoms with Gasteiger partial charge in [0.15, 0.2) is 5.82 Å². The van der Waals surface area contributed by atoms with E-state index in [1.807, 2.05) is 25.4 Å². The fourth-order valence-corrected chi connectivity index (χ4v) is 4.21. The molecule has 0 radical (unpaired) electrons. The maximum atomic E-state index is 13.2. The fraction of sp³-hybridized carbons (Fsp3) is 0.250. The number of nitrogens with one attached hydrogen (secondary N) is 1. The van der Waals surface area contributed by atoms with Crippen molar-refractivity contribution in [2.75, 3.05) is 29.8 Å². The Kier molecular flexibility index (Phi) is 4.69. The van der Waals surface area contributed by atoms with E-state index in [1.54, 1.807) is 52.1 Å². The molecule has 0 atom stereocenters. The number of rotatable bonds is 6. The van der Waals surface area contributed by atoms with E-state index >= 15 is 0 Å². The third-order valence-electron chi connectivity index (χ3n) is 5.09. The van der Waals surface area contributed by atoms with E-state index < -0.39 is 5.92 Å². The van der Waals surface area contributed by atoms with Crippen LogP contribution in [0.3, 0.4) is 0 Å². The van der Waals surface area contributed by atoms with Crippen LogP contribution in [0.1, 0.15) is 0 Å². The van der Waals surface area contributed by atoms with Gasteiger partial charge in [0.05, 0.1) is 43.0 Å². The van der Waals surface area contributed by atoms with Crippen molar-refractivity contribution in [2.24, 2.45) is 7.05 Å². The van der Waals surface area contributed by atoms with E-state index in [4.69, 9.17) is 4.74 Å². The molecule has 1 aliphatic heterocycles. The number of halogens is 2. The minimum Gasteiger partial charge on any atom is -0.494 e. The molecule has 0 bridgehead atoms. The first-order valence-electron chi connectivity index (χ1n) is 9.49. The van der Waals surface area contributed by atoms with Crippen molar-refractivity contribution in [3.8, 4) is 11.6 Å². The van der Waals surface area contributed by atoms with Crippen molar-refractivity contribution in [3.05, 3.63) is 49.1 Å². The van der Waals surface area contributed by atoms with Gasteiger partial charge in [-0.05, 0) is 30.1 Å². The summed E-state index contributed by atoms with van der Waals surface area (Å²) in [6.07, 6.45) is 6.93. The van der Waals surface area contributed by atoms with Gasteiger partial charge in [-0.25, -0.2) is 18.4 Å². The lowest BCUT2D eigenvalue weighted by Gasteiger charge is -2.40. The quantitative estimate of drug-likeness (QED) is 0.455. The molecule has 160 valence electrons. The number of hydrogen-bond acceptors (Lipinski definition) is 7. The van der Waals surface area contributed by atoms with E-state index in [9.17, 15) is 8.78 Å². The lowest BCUT2D eigenvalue weighted by molar-refractivity contribution is -0.0262. The zero-order valence-corrected chi connectivity index (χ0v) is 17.6. The number of methoxy groups -OCH3 is 1. The zero-order chi connectivity index (χ0) is 21.6. The summed E-state index contributed by atoms with van der Waals surface area (Å²) in [7, 11) is 3.50. The highest BCUT2D eigenvalue weighted by Crippen LogP contribution is 2.36. The third-order valence-corrected chi connectivity index (χ3v) is 5.84. The maximum Gasteiger partial charge on any atom is 0.282 e. The highest BCUT2D eigenvalue weighted by atomic mass is 32.2. The van der Waals surface area contributed by atoms with Gasteiger partial charge in [-0.3, -0.25) is 4.68 Å². The van der Waals surface area contributed by atoms with Crippen molar-refractivity contribution >= 4 is 34.2 Å². The van der Waals surface area contributed by atoms with Crippen LogP contribution < -0.4 is 14.4 Å². The normalized spacial score (nSPS) is 15.2. The van der Waals surface area contributed by atoms with Crippen molar-refractivity contribution in [3.63, 3.8) is 0 Å². The topological polar surface area (TPSA) is 73.0 Å². The molecule has 0 saturated carbocycles. The van der Waals surface area contributed by atoms with Gasteiger partial charge < -0.3 is 14.4 Å². The van der Waals surface area contributed by atoms with Gasteiger partial charge in [-0.2, -0.15) is 10.2 Å². The molecular weight excluding hydrogens is 424 g/mol. The second kappa shape index (κ2) is 7.41. The van der Waals surface area contributed by atoms with Crippen LogP contribution in [-0.4, -0.2) is 50.7 Å². The summed E-state index contributed by atoms with van der Waals surface area (Å²) < 4.78 is 38.6. The summed E-state index contributed by atoms with van der Waals surface area (Å²) in [5.41, 5.74) is 2.45. The second-order valence-electron chi connectivity index (χ2n) is 7.26. The Bertz CT molecular complexity index is 1250. The van der Waals surface area contributed by atoms with Crippen molar-refractivity contribution in [1.82, 2.24) is 24.5 Å². The minimum atomic E-state index is -2.62. The molecule has 4 aromatic rings. The first-order chi connectivity index (χ1) is 14.9. The van der Waals surface area contributed by atoms with Crippen LogP contribution in [0.15, 0.2) is 53.9 Å². The number of fused-ring (bicyclic) bond motifs is 1. The van der Waals surface area contributed by atoms with Crippen LogP contribution in [0.2, 0.25) is 0 Å². The number of alkyl halides is 2. The molecule has 8 nitrogen and oxygen atoms in total. The van der Waals surface area contributed by atoms with Gasteiger partial charge in [0, 0.05) is 36.6 Å². The van der Waals surface area contributed by atoms with Gasteiger partial charge in [-0.15, -0.1) is 0 Å². The Morgan fingerprint density at radius 3 is 2.77 bits per heavy atom. The van der Waals surface area contributed by atoms with Crippen molar-refractivity contribution in [1.29, 1.82) is 0 Å². The Balaban J connectivity index is 1.35. The molecule has 4 heterocycles. The second-order valence-corrected chi connectivity index (χ2v) is 8.14. The zero-order valence-electron chi connectivity index (χ0n) is 16.8. The molecule has 31 heavy (non-hydrogen) atoms. The fourth-order valence-electron chi connectivity index (χ4n) is 3.54. The average Bonchev–Trinajstić information content (AvgIpc) is 3.37. The summed E-state index contributed by atoms with van der Waals surface area (Å²) in [6, 6.07) is 7.33. The molecule has 1 fully saturated rings. The summed E-state index contributed by atoms with van der Waals surface area (Å²) in [5, 5.41) is 9.67. The van der Waals surface area contributed by atoms with E-state index in [2.05, 4.69) is 19.9 Å². The summed E-state index contributed by atoms with van der Waals surface area (Å²) >= 11 is 1.38. The van der Waals surface area contributed by atoms with Gasteiger partial charge in [-0.1, -0.05) is 0 Å². The van der Waals surface area contributed by atoms with Crippen LogP contribution in [0.4, 0.5) is 20.2 Å². The van der Waals surface area contributed by atoms with Crippen LogP contribution >= 0.6 is 11.9 Å². The predicted molar refractivity (Wildman–Crippen MR) is 115 cm³/mol. The van der Waals surface area contributed by atoms with Crippen LogP contribution in [-0.2, 0) is 7.05 Å². The Morgan fingerprint density at radius 2 is 2.00 bits per heavy atom. The number of pyridine rings is 1. The molecule has 0 amide bonds. The first-order valence-corrected chi connectivity index (χ1v) is 10.3. The first kappa shape index (κ1) is 19.6. The van der Waals surface area contributed by atoms with Gasteiger partial charge in [0.25, 0.3) is 5.92 Å². The molecule has 0 aliphatic carbocycles. The summed E-state index contributed by atoms with van der Waals surface area (Å²) in [4.78, 5) is 6.79. The molecule has 0 spiro atoms. The lowest BCUT2D eigenvalue weighted by Crippen LogP contribution is -2.56. The Morgan fingerprint density at radius 1 is 1.16 bits per heavy atom. The predicted octanol–water partition coefficient (Wildman–Crippen LogP) is 3.74. The lowest BCUT2D eigenvalue weighted by atomic mass is 10.1. The highest BCUT2D eigenvalue weighted by molar-refractivity contribution is 8.00. The number of nitrogens with zero attached hydrogens (tertiary/aromatic N) is 6. The molecule has 0 unspecified atom stereocenters. The van der Waals surface area contributed by atoms with Crippen LogP contribution in [0.5, 0.6) is 5.75 Å². The molecule has 1 aliphatic rings.